The van der Waals surface area contributed by atoms with E-state index in [4.69, 9.17) is 4.74 Å². The molecule has 0 radical (unpaired) electrons. The molecule has 3 aromatic carbocycles. The van der Waals surface area contributed by atoms with Gasteiger partial charge in [0.25, 0.3) is 0 Å². The molecule has 1 fully saturated rings. The summed E-state index contributed by atoms with van der Waals surface area (Å²) in [5, 5.41) is 12.6. The second kappa shape index (κ2) is 8.76. The fraction of sp³-hybridized carbons (Fsp3) is 0.360. The predicted octanol–water partition coefficient (Wildman–Crippen LogP) is 5.15. The van der Waals surface area contributed by atoms with E-state index in [1.54, 1.807) is 7.11 Å². The number of nitrogens with zero attached hydrogens (tertiary/aromatic N) is 1. The number of methoxy groups -OCH3 is 1. The summed E-state index contributed by atoms with van der Waals surface area (Å²) in [4.78, 5) is 2.59. The third-order valence-electron chi connectivity index (χ3n) is 5.96. The molecule has 28 heavy (non-hydrogen) atoms. The molecule has 0 spiro atoms. The summed E-state index contributed by atoms with van der Waals surface area (Å²) >= 11 is 0. The van der Waals surface area contributed by atoms with Gasteiger partial charge in [-0.3, -0.25) is 4.90 Å². The number of benzene rings is 3. The molecule has 1 N–H and O–H groups in total. The topological polar surface area (TPSA) is 32.7 Å². The third-order valence-corrected chi connectivity index (χ3v) is 5.96. The van der Waals surface area contributed by atoms with Gasteiger partial charge < -0.3 is 9.84 Å². The zero-order valence-electron chi connectivity index (χ0n) is 16.6. The smallest absolute Gasteiger partial charge is 0.119 e. The highest BCUT2D eigenvalue weighted by Crippen LogP contribution is 2.28. The minimum absolute atomic E-state index is 0.132. The maximum atomic E-state index is 9.96. The lowest BCUT2D eigenvalue weighted by molar-refractivity contribution is 0.0667. The number of fused-ring (bicyclic) bond motifs is 1. The monoisotopic (exact) mass is 375 g/mol. The van der Waals surface area contributed by atoms with Crippen LogP contribution in [0.5, 0.6) is 5.75 Å². The van der Waals surface area contributed by atoms with Crippen LogP contribution >= 0.6 is 0 Å². The van der Waals surface area contributed by atoms with E-state index in [-0.39, 0.29) is 6.10 Å². The number of hydrogen-bond donors (Lipinski definition) is 1. The van der Waals surface area contributed by atoms with E-state index in [9.17, 15) is 5.11 Å². The average Bonchev–Trinajstić information content (AvgIpc) is 2.74. The van der Waals surface area contributed by atoms with E-state index >= 15 is 0 Å². The minimum atomic E-state index is -0.132. The zero-order valence-corrected chi connectivity index (χ0v) is 16.6. The van der Waals surface area contributed by atoms with Gasteiger partial charge in [-0.1, -0.05) is 54.6 Å². The van der Waals surface area contributed by atoms with Crippen LogP contribution in [0, 0.1) is 0 Å². The van der Waals surface area contributed by atoms with Crippen molar-refractivity contribution < 1.29 is 9.84 Å². The standard InChI is InChI=1S/C25H29NO2/c1-28-24-10-4-6-19(16-24)17-26(22-12-14-23(27)15-13-22)18-21-9-5-8-20-7-2-3-11-25(20)21/h2-11,16,22-23,27H,12-15,17-18H2,1H3. The van der Waals surface area contributed by atoms with Crippen molar-refractivity contribution in [3.8, 4) is 5.75 Å². The van der Waals surface area contributed by atoms with Crippen molar-refractivity contribution in [1.29, 1.82) is 0 Å². The normalized spacial score (nSPS) is 19.8. The molecule has 0 heterocycles. The lowest BCUT2D eigenvalue weighted by Crippen LogP contribution is -2.38. The summed E-state index contributed by atoms with van der Waals surface area (Å²) in [7, 11) is 1.72. The lowest BCUT2D eigenvalue weighted by atomic mass is 9.91. The quantitative estimate of drug-likeness (QED) is 0.646. The number of hydrogen-bond acceptors (Lipinski definition) is 3. The van der Waals surface area contributed by atoms with Crippen LogP contribution in [0.4, 0.5) is 0 Å². The predicted molar refractivity (Wildman–Crippen MR) is 114 cm³/mol. The largest absolute Gasteiger partial charge is 0.497 e. The second-order valence-corrected chi connectivity index (χ2v) is 7.86. The summed E-state index contributed by atoms with van der Waals surface area (Å²) in [5.74, 6) is 0.904. The molecule has 3 heteroatoms. The van der Waals surface area contributed by atoms with Gasteiger partial charge in [0.15, 0.2) is 0 Å². The van der Waals surface area contributed by atoms with E-state index in [0.717, 1.165) is 44.5 Å². The Balaban J connectivity index is 1.62. The molecule has 0 saturated heterocycles. The number of aliphatic hydroxyl groups excluding tert-OH is 1. The SMILES string of the molecule is COc1cccc(CN(Cc2cccc3ccccc23)C2CCC(O)CC2)c1. The Hall–Kier alpha value is -2.36. The van der Waals surface area contributed by atoms with Crippen LogP contribution in [-0.2, 0) is 13.1 Å². The van der Waals surface area contributed by atoms with E-state index in [0.29, 0.717) is 6.04 Å². The van der Waals surface area contributed by atoms with Crippen LogP contribution in [0.2, 0.25) is 0 Å². The number of ether oxygens (including phenoxy) is 1. The van der Waals surface area contributed by atoms with Crippen molar-refractivity contribution in [2.75, 3.05) is 7.11 Å². The van der Waals surface area contributed by atoms with E-state index < -0.39 is 0 Å². The van der Waals surface area contributed by atoms with Gasteiger partial charge in [0.2, 0.25) is 0 Å². The first-order chi connectivity index (χ1) is 13.7. The first-order valence-electron chi connectivity index (χ1n) is 10.2. The molecular formula is C25H29NO2. The van der Waals surface area contributed by atoms with Gasteiger partial charge >= 0.3 is 0 Å². The fourth-order valence-corrected chi connectivity index (χ4v) is 4.39. The molecule has 1 aliphatic rings. The highest BCUT2D eigenvalue weighted by Gasteiger charge is 2.25. The first kappa shape index (κ1) is 19.0. The van der Waals surface area contributed by atoms with Gasteiger partial charge in [0.1, 0.15) is 5.75 Å². The summed E-state index contributed by atoms with van der Waals surface area (Å²) in [6.45, 7) is 1.81. The van der Waals surface area contributed by atoms with E-state index in [1.165, 1.54) is 21.9 Å². The van der Waals surface area contributed by atoms with Crippen molar-refractivity contribution in [2.24, 2.45) is 0 Å². The van der Waals surface area contributed by atoms with Crippen molar-refractivity contribution in [1.82, 2.24) is 4.90 Å². The summed E-state index contributed by atoms with van der Waals surface area (Å²) in [6.07, 6.45) is 3.77. The molecule has 146 valence electrons. The van der Waals surface area contributed by atoms with Gasteiger partial charge in [-0.05, 0) is 59.7 Å². The van der Waals surface area contributed by atoms with Crippen LogP contribution in [0.25, 0.3) is 10.8 Å². The summed E-state index contributed by atoms with van der Waals surface area (Å²) in [5.41, 5.74) is 2.64. The van der Waals surface area contributed by atoms with Gasteiger partial charge in [0.05, 0.1) is 13.2 Å². The Bertz CT molecular complexity index is 910. The van der Waals surface area contributed by atoms with Crippen LogP contribution in [0.3, 0.4) is 0 Å². The molecule has 3 nitrogen and oxygen atoms in total. The van der Waals surface area contributed by atoms with Gasteiger partial charge in [0, 0.05) is 19.1 Å². The average molecular weight is 376 g/mol. The Morgan fingerprint density at radius 1 is 0.893 bits per heavy atom. The highest BCUT2D eigenvalue weighted by atomic mass is 16.5. The Labute approximate surface area is 167 Å². The molecule has 0 amide bonds. The molecule has 1 aliphatic carbocycles. The lowest BCUT2D eigenvalue weighted by Gasteiger charge is -2.36. The Kier molecular flexibility index (Phi) is 5.94. The number of rotatable bonds is 6. The Morgan fingerprint density at radius 3 is 2.46 bits per heavy atom. The molecule has 0 bridgehead atoms. The molecular weight excluding hydrogens is 346 g/mol. The van der Waals surface area contributed by atoms with Crippen molar-refractivity contribution >= 4 is 10.8 Å². The highest BCUT2D eigenvalue weighted by molar-refractivity contribution is 5.85. The molecule has 4 rings (SSSR count). The van der Waals surface area contributed by atoms with Crippen LogP contribution in [-0.4, -0.2) is 29.3 Å². The zero-order chi connectivity index (χ0) is 19.3. The molecule has 0 aliphatic heterocycles. The molecule has 0 aromatic heterocycles. The molecule has 3 aromatic rings. The van der Waals surface area contributed by atoms with Gasteiger partial charge in [-0.15, -0.1) is 0 Å². The molecule has 0 atom stereocenters. The van der Waals surface area contributed by atoms with Crippen molar-refractivity contribution in [3.05, 3.63) is 77.9 Å². The van der Waals surface area contributed by atoms with E-state index in [1.807, 2.05) is 6.07 Å². The van der Waals surface area contributed by atoms with Crippen molar-refractivity contribution in [2.45, 2.75) is 50.9 Å². The molecule has 0 unspecified atom stereocenters. The fourth-order valence-electron chi connectivity index (χ4n) is 4.39. The van der Waals surface area contributed by atoms with Crippen molar-refractivity contribution in [3.63, 3.8) is 0 Å². The first-order valence-corrected chi connectivity index (χ1v) is 10.2. The van der Waals surface area contributed by atoms with Gasteiger partial charge in [-0.2, -0.15) is 0 Å². The summed E-state index contributed by atoms with van der Waals surface area (Å²) < 4.78 is 5.42. The maximum Gasteiger partial charge on any atom is 0.119 e. The van der Waals surface area contributed by atoms with E-state index in [2.05, 4.69) is 65.6 Å². The summed E-state index contributed by atoms with van der Waals surface area (Å²) in [6, 6.07) is 24.1. The Morgan fingerprint density at radius 2 is 1.64 bits per heavy atom. The van der Waals surface area contributed by atoms with Crippen LogP contribution in [0.15, 0.2) is 66.7 Å². The molecule has 1 saturated carbocycles. The van der Waals surface area contributed by atoms with Crippen LogP contribution < -0.4 is 4.74 Å². The number of aliphatic hydroxyl groups is 1. The third kappa shape index (κ3) is 4.37. The van der Waals surface area contributed by atoms with Gasteiger partial charge in [-0.25, -0.2) is 0 Å². The second-order valence-electron chi connectivity index (χ2n) is 7.86. The minimum Gasteiger partial charge on any atom is -0.497 e. The maximum absolute atomic E-state index is 9.96. The van der Waals surface area contributed by atoms with Crippen LogP contribution in [0.1, 0.15) is 36.8 Å².